The van der Waals surface area contributed by atoms with Gasteiger partial charge in [-0.05, 0) is 46.1 Å². The van der Waals surface area contributed by atoms with E-state index in [2.05, 4.69) is 30.6 Å². The zero-order valence-corrected chi connectivity index (χ0v) is 17.3. The molecule has 9 heteroatoms. The molecule has 0 unspecified atom stereocenters. The lowest BCUT2D eigenvalue weighted by Crippen LogP contribution is -2.16. The normalized spacial score (nSPS) is 11.2. The SMILES string of the molecule is Cc1c(Cl)cccc1S(=O)(=O)Nc1ncc(Br)nc1OCc1ccccc1. The number of ether oxygens (including phenoxy) is 1. The zero-order valence-electron chi connectivity index (χ0n) is 14.2. The molecule has 6 nitrogen and oxygen atoms in total. The van der Waals surface area contributed by atoms with E-state index in [9.17, 15) is 8.42 Å². The Kier molecular flexibility index (Phi) is 5.98. The van der Waals surface area contributed by atoms with Gasteiger partial charge >= 0.3 is 0 Å². The Hall–Kier alpha value is -2.16. The molecule has 0 fully saturated rings. The predicted molar refractivity (Wildman–Crippen MR) is 108 cm³/mol. The molecule has 0 aliphatic heterocycles. The third kappa shape index (κ3) is 4.77. The quantitative estimate of drug-likeness (QED) is 0.573. The molecular weight excluding hydrogens is 454 g/mol. The molecule has 1 N–H and O–H groups in total. The second-order valence-electron chi connectivity index (χ2n) is 5.59. The first-order valence-corrected chi connectivity index (χ1v) is 10.5. The van der Waals surface area contributed by atoms with Crippen LogP contribution in [0.1, 0.15) is 11.1 Å². The molecule has 1 heterocycles. The van der Waals surface area contributed by atoms with Crippen molar-refractivity contribution < 1.29 is 13.2 Å². The van der Waals surface area contributed by atoms with E-state index >= 15 is 0 Å². The molecule has 0 aliphatic rings. The van der Waals surface area contributed by atoms with Crippen molar-refractivity contribution in [2.75, 3.05) is 4.72 Å². The van der Waals surface area contributed by atoms with Gasteiger partial charge in [0, 0.05) is 5.02 Å². The Morgan fingerprint density at radius 2 is 1.89 bits per heavy atom. The summed E-state index contributed by atoms with van der Waals surface area (Å²) in [4.78, 5) is 8.34. The van der Waals surface area contributed by atoms with E-state index in [1.807, 2.05) is 30.3 Å². The number of anilines is 1. The average molecular weight is 469 g/mol. The van der Waals surface area contributed by atoms with Crippen molar-refractivity contribution in [1.82, 2.24) is 9.97 Å². The van der Waals surface area contributed by atoms with Crippen molar-refractivity contribution in [2.45, 2.75) is 18.4 Å². The van der Waals surface area contributed by atoms with Crippen molar-refractivity contribution >= 4 is 43.4 Å². The van der Waals surface area contributed by atoms with Crippen molar-refractivity contribution in [3.63, 3.8) is 0 Å². The van der Waals surface area contributed by atoms with E-state index in [1.165, 1.54) is 12.3 Å². The number of rotatable bonds is 6. The number of nitrogens with zero attached hydrogens (tertiary/aromatic N) is 2. The minimum Gasteiger partial charge on any atom is -0.470 e. The lowest BCUT2D eigenvalue weighted by atomic mass is 10.2. The fraction of sp³-hybridized carbons (Fsp3) is 0.111. The van der Waals surface area contributed by atoms with Crippen LogP contribution in [0.3, 0.4) is 0 Å². The van der Waals surface area contributed by atoms with Crippen LogP contribution < -0.4 is 9.46 Å². The Bertz CT molecular complexity index is 1060. The van der Waals surface area contributed by atoms with Gasteiger partial charge in [0.25, 0.3) is 15.9 Å². The van der Waals surface area contributed by atoms with Crippen molar-refractivity contribution in [3.05, 3.63) is 75.5 Å². The van der Waals surface area contributed by atoms with Gasteiger partial charge in [0.2, 0.25) is 5.82 Å². The summed E-state index contributed by atoms with van der Waals surface area (Å²) >= 11 is 9.26. The van der Waals surface area contributed by atoms with Crippen LogP contribution in [-0.4, -0.2) is 18.4 Å². The summed E-state index contributed by atoms with van der Waals surface area (Å²) in [6, 6.07) is 14.1. The predicted octanol–water partition coefficient (Wildman–Crippen LogP) is 4.58. The van der Waals surface area contributed by atoms with Crippen LogP contribution in [0.25, 0.3) is 0 Å². The van der Waals surface area contributed by atoms with Crippen LogP contribution in [0.5, 0.6) is 5.88 Å². The number of nitrogens with one attached hydrogen (secondary N) is 1. The van der Waals surface area contributed by atoms with Gasteiger partial charge in [-0.2, -0.15) is 0 Å². The molecule has 0 bridgehead atoms. The van der Waals surface area contributed by atoms with Crippen LogP contribution in [0.15, 0.2) is 64.2 Å². The molecule has 0 amide bonds. The second kappa shape index (κ2) is 8.24. The number of sulfonamides is 1. The maximum atomic E-state index is 12.8. The maximum Gasteiger partial charge on any atom is 0.263 e. The van der Waals surface area contributed by atoms with Crippen LogP contribution in [-0.2, 0) is 16.6 Å². The van der Waals surface area contributed by atoms with Crippen molar-refractivity contribution in [1.29, 1.82) is 0 Å². The molecule has 1 aromatic heterocycles. The van der Waals surface area contributed by atoms with Gasteiger partial charge in [0.15, 0.2) is 0 Å². The van der Waals surface area contributed by atoms with E-state index in [0.717, 1.165) is 5.56 Å². The van der Waals surface area contributed by atoms with E-state index in [-0.39, 0.29) is 23.2 Å². The topological polar surface area (TPSA) is 81.2 Å². The van der Waals surface area contributed by atoms with Gasteiger partial charge in [-0.3, -0.25) is 4.72 Å². The van der Waals surface area contributed by atoms with Gasteiger partial charge in [-0.15, -0.1) is 0 Å². The van der Waals surface area contributed by atoms with E-state index in [4.69, 9.17) is 16.3 Å². The summed E-state index contributed by atoms with van der Waals surface area (Å²) in [6.07, 6.45) is 1.39. The van der Waals surface area contributed by atoms with Gasteiger partial charge in [0.05, 0.1) is 11.1 Å². The van der Waals surface area contributed by atoms with E-state index in [1.54, 1.807) is 19.1 Å². The largest absolute Gasteiger partial charge is 0.470 e. The Labute approximate surface area is 170 Å². The maximum absolute atomic E-state index is 12.8. The van der Waals surface area contributed by atoms with Gasteiger partial charge < -0.3 is 4.74 Å². The lowest BCUT2D eigenvalue weighted by molar-refractivity contribution is 0.294. The first-order chi connectivity index (χ1) is 12.9. The first kappa shape index (κ1) is 19.6. The van der Waals surface area contributed by atoms with Gasteiger partial charge in [0.1, 0.15) is 11.2 Å². The Morgan fingerprint density at radius 3 is 2.63 bits per heavy atom. The van der Waals surface area contributed by atoms with Crippen LogP contribution in [0.4, 0.5) is 5.82 Å². The number of hydrogen-bond donors (Lipinski definition) is 1. The Morgan fingerprint density at radius 1 is 1.15 bits per heavy atom. The second-order valence-corrected chi connectivity index (χ2v) is 8.46. The molecule has 0 saturated carbocycles. The molecule has 0 saturated heterocycles. The summed E-state index contributed by atoms with van der Waals surface area (Å²) in [5.74, 6) is 0.0602. The lowest BCUT2D eigenvalue weighted by Gasteiger charge is -2.13. The minimum atomic E-state index is -3.92. The molecule has 2 aromatic carbocycles. The third-order valence-corrected chi connectivity index (χ3v) is 5.94. The number of aromatic nitrogens is 2. The third-order valence-electron chi connectivity index (χ3n) is 3.67. The summed E-state index contributed by atoms with van der Waals surface area (Å²) in [5, 5.41) is 0.361. The number of benzene rings is 2. The Balaban J connectivity index is 1.89. The van der Waals surface area contributed by atoms with E-state index in [0.29, 0.717) is 15.2 Å². The smallest absolute Gasteiger partial charge is 0.263 e. The van der Waals surface area contributed by atoms with E-state index < -0.39 is 10.0 Å². The summed E-state index contributed by atoms with van der Waals surface area (Å²) < 4.78 is 34.1. The fourth-order valence-corrected chi connectivity index (χ4v) is 4.08. The standard InChI is InChI=1S/C18H15BrClN3O3S/c1-12-14(20)8-5-9-15(12)27(24,25)23-17-18(22-16(19)10-21-17)26-11-13-6-3-2-4-7-13/h2-10H,11H2,1H3,(H,21,23). The number of halogens is 2. The summed E-state index contributed by atoms with van der Waals surface area (Å²) in [5.41, 5.74) is 1.36. The highest BCUT2D eigenvalue weighted by atomic mass is 79.9. The number of hydrogen-bond acceptors (Lipinski definition) is 5. The monoisotopic (exact) mass is 467 g/mol. The first-order valence-electron chi connectivity index (χ1n) is 7.84. The molecular formula is C18H15BrClN3O3S. The zero-order chi connectivity index (χ0) is 19.4. The molecule has 3 aromatic rings. The summed E-state index contributed by atoms with van der Waals surface area (Å²) in [6.45, 7) is 1.86. The highest BCUT2D eigenvalue weighted by molar-refractivity contribution is 9.10. The highest BCUT2D eigenvalue weighted by Crippen LogP contribution is 2.28. The van der Waals surface area contributed by atoms with Crippen LogP contribution in [0, 0.1) is 6.92 Å². The molecule has 0 spiro atoms. The highest BCUT2D eigenvalue weighted by Gasteiger charge is 2.21. The van der Waals surface area contributed by atoms with Gasteiger partial charge in [-0.25, -0.2) is 18.4 Å². The average Bonchev–Trinajstić information content (AvgIpc) is 2.64. The van der Waals surface area contributed by atoms with Crippen LogP contribution >= 0.6 is 27.5 Å². The molecule has 3 rings (SSSR count). The summed E-state index contributed by atoms with van der Waals surface area (Å²) in [7, 11) is -3.92. The molecule has 140 valence electrons. The van der Waals surface area contributed by atoms with Crippen molar-refractivity contribution in [3.8, 4) is 5.88 Å². The van der Waals surface area contributed by atoms with Crippen LogP contribution in [0.2, 0.25) is 5.02 Å². The molecule has 27 heavy (non-hydrogen) atoms. The molecule has 0 radical (unpaired) electrons. The molecule has 0 atom stereocenters. The fourth-order valence-electron chi connectivity index (χ4n) is 2.31. The van der Waals surface area contributed by atoms with Crippen molar-refractivity contribution in [2.24, 2.45) is 0 Å². The molecule has 0 aliphatic carbocycles. The minimum absolute atomic E-state index is 0.00601. The van der Waals surface area contributed by atoms with Gasteiger partial charge in [-0.1, -0.05) is 48.0 Å².